The summed E-state index contributed by atoms with van der Waals surface area (Å²) in [5, 5.41) is 8.89. The third kappa shape index (κ3) is 2.54. The lowest BCUT2D eigenvalue weighted by molar-refractivity contribution is 0.281. The van der Waals surface area contributed by atoms with Gasteiger partial charge in [-0.25, -0.2) is 4.39 Å². The van der Waals surface area contributed by atoms with E-state index in [1.807, 2.05) is 0 Å². The number of hydrogen-bond donors (Lipinski definition) is 2. The first-order valence-electron chi connectivity index (χ1n) is 5.12. The molecule has 4 heteroatoms. The lowest BCUT2D eigenvalue weighted by Crippen LogP contribution is -1.95. The Morgan fingerprint density at radius 1 is 1.12 bits per heavy atom. The van der Waals surface area contributed by atoms with Gasteiger partial charge in [0, 0.05) is 0 Å². The Bertz CT molecular complexity index is 511. The second kappa shape index (κ2) is 4.84. The van der Waals surface area contributed by atoms with E-state index in [0.717, 1.165) is 5.56 Å². The van der Waals surface area contributed by atoms with E-state index in [1.54, 1.807) is 30.3 Å². The van der Waals surface area contributed by atoms with Gasteiger partial charge in [0.25, 0.3) is 0 Å². The number of rotatable bonds is 3. The number of aliphatic hydroxyl groups is 1. The van der Waals surface area contributed by atoms with Crippen LogP contribution in [0.15, 0.2) is 42.5 Å². The van der Waals surface area contributed by atoms with Crippen LogP contribution in [0.3, 0.4) is 0 Å². The fourth-order valence-corrected chi connectivity index (χ4v) is 1.40. The van der Waals surface area contributed by atoms with E-state index in [0.29, 0.717) is 5.75 Å². The predicted octanol–water partition coefficient (Wildman–Crippen LogP) is 2.69. The number of para-hydroxylation sites is 1. The Kier molecular flexibility index (Phi) is 3.25. The zero-order valence-corrected chi connectivity index (χ0v) is 9.06. The Hall–Kier alpha value is -2.07. The van der Waals surface area contributed by atoms with Crippen molar-refractivity contribution in [1.82, 2.24) is 0 Å². The number of benzene rings is 2. The number of nitrogens with two attached hydrogens (primary N) is 1. The first-order chi connectivity index (χ1) is 8.20. The highest BCUT2D eigenvalue weighted by molar-refractivity contribution is 5.54. The number of halogens is 1. The maximum absolute atomic E-state index is 13.2. The van der Waals surface area contributed by atoms with Gasteiger partial charge in [0.05, 0.1) is 6.61 Å². The number of aliphatic hydroxyl groups excluding tert-OH is 1. The summed E-state index contributed by atoms with van der Waals surface area (Å²) < 4.78 is 18.6. The lowest BCUT2D eigenvalue weighted by Gasteiger charge is -2.09. The fraction of sp³-hybridized carbons (Fsp3) is 0.0769. The molecule has 0 fully saturated rings. The standard InChI is InChI=1S/C13H12FNO2/c14-11-2-1-3-12(13(11)15)17-10-6-4-9(8-16)5-7-10/h1-7,16H,8,15H2. The highest BCUT2D eigenvalue weighted by Gasteiger charge is 2.06. The molecule has 2 aromatic carbocycles. The molecule has 0 aliphatic carbocycles. The molecule has 88 valence electrons. The second-order valence-corrected chi connectivity index (χ2v) is 3.56. The van der Waals surface area contributed by atoms with Gasteiger partial charge in [0.2, 0.25) is 0 Å². The summed E-state index contributed by atoms with van der Waals surface area (Å²) in [6, 6.07) is 11.2. The van der Waals surface area contributed by atoms with Crippen molar-refractivity contribution in [3.63, 3.8) is 0 Å². The van der Waals surface area contributed by atoms with Crippen LogP contribution in [0.1, 0.15) is 5.56 Å². The minimum atomic E-state index is -0.505. The molecule has 0 heterocycles. The molecule has 2 rings (SSSR count). The van der Waals surface area contributed by atoms with E-state index in [-0.39, 0.29) is 18.0 Å². The fourth-order valence-electron chi connectivity index (χ4n) is 1.40. The van der Waals surface area contributed by atoms with Crippen LogP contribution in [0.4, 0.5) is 10.1 Å². The van der Waals surface area contributed by atoms with Gasteiger partial charge in [0.1, 0.15) is 17.3 Å². The summed E-state index contributed by atoms with van der Waals surface area (Å²) >= 11 is 0. The molecule has 0 bridgehead atoms. The zero-order chi connectivity index (χ0) is 12.3. The van der Waals surface area contributed by atoms with E-state index < -0.39 is 5.82 Å². The van der Waals surface area contributed by atoms with Crippen molar-refractivity contribution in [2.75, 3.05) is 5.73 Å². The van der Waals surface area contributed by atoms with Crippen LogP contribution >= 0.6 is 0 Å². The third-order valence-corrected chi connectivity index (χ3v) is 2.35. The minimum absolute atomic E-state index is 0.0151. The highest BCUT2D eigenvalue weighted by Crippen LogP contribution is 2.29. The lowest BCUT2D eigenvalue weighted by atomic mass is 10.2. The highest BCUT2D eigenvalue weighted by atomic mass is 19.1. The van der Waals surface area contributed by atoms with Gasteiger partial charge in [0.15, 0.2) is 5.75 Å². The molecule has 0 radical (unpaired) electrons. The van der Waals surface area contributed by atoms with E-state index >= 15 is 0 Å². The van der Waals surface area contributed by atoms with Crippen LogP contribution in [0.2, 0.25) is 0 Å². The first-order valence-corrected chi connectivity index (χ1v) is 5.12. The molecule has 0 unspecified atom stereocenters. The van der Waals surface area contributed by atoms with Crippen molar-refractivity contribution in [1.29, 1.82) is 0 Å². The van der Waals surface area contributed by atoms with Crippen LogP contribution in [0, 0.1) is 5.82 Å². The smallest absolute Gasteiger partial charge is 0.153 e. The molecule has 3 nitrogen and oxygen atoms in total. The summed E-state index contributed by atoms with van der Waals surface area (Å²) in [6.45, 7) is -0.0254. The summed E-state index contributed by atoms with van der Waals surface area (Å²) in [5.41, 5.74) is 6.31. The Morgan fingerprint density at radius 3 is 2.47 bits per heavy atom. The molecule has 2 aromatic rings. The summed E-state index contributed by atoms with van der Waals surface area (Å²) in [6.07, 6.45) is 0. The number of anilines is 1. The number of hydrogen-bond acceptors (Lipinski definition) is 3. The van der Waals surface area contributed by atoms with E-state index in [1.165, 1.54) is 12.1 Å². The number of ether oxygens (including phenoxy) is 1. The molecule has 3 N–H and O–H groups in total. The summed E-state index contributed by atoms with van der Waals surface area (Å²) in [5.74, 6) is 0.315. The van der Waals surface area contributed by atoms with Crippen molar-refractivity contribution < 1.29 is 14.2 Å². The Morgan fingerprint density at radius 2 is 1.82 bits per heavy atom. The first kappa shape index (κ1) is 11.4. The van der Waals surface area contributed by atoms with Gasteiger partial charge < -0.3 is 15.6 Å². The van der Waals surface area contributed by atoms with Gasteiger partial charge in [-0.1, -0.05) is 18.2 Å². The van der Waals surface area contributed by atoms with Crippen molar-refractivity contribution in [3.05, 3.63) is 53.8 Å². The van der Waals surface area contributed by atoms with Gasteiger partial charge in [-0.2, -0.15) is 0 Å². The molecule has 0 aliphatic rings. The molecule has 0 amide bonds. The predicted molar refractivity (Wildman–Crippen MR) is 63.3 cm³/mol. The quantitative estimate of drug-likeness (QED) is 0.801. The Balaban J connectivity index is 2.22. The van der Waals surface area contributed by atoms with Crippen LogP contribution < -0.4 is 10.5 Å². The van der Waals surface area contributed by atoms with E-state index in [4.69, 9.17) is 15.6 Å². The second-order valence-electron chi connectivity index (χ2n) is 3.56. The van der Waals surface area contributed by atoms with Crippen molar-refractivity contribution >= 4 is 5.69 Å². The molecule has 0 saturated carbocycles. The molecule has 0 aromatic heterocycles. The van der Waals surface area contributed by atoms with Crippen LogP contribution in [0.25, 0.3) is 0 Å². The van der Waals surface area contributed by atoms with Gasteiger partial charge >= 0.3 is 0 Å². The van der Waals surface area contributed by atoms with E-state index in [9.17, 15) is 4.39 Å². The zero-order valence-electron chi connectivity index (χ0n) is 9.06. The van der Waals surface area contributed by atoms with Crippen molar-refractivity contribution in [2.24, 2.45) is 0 Å². The van der Waals surface area contributed by atoms with Crippen LogP contribution in [-0.4, -0.2) is 5.11 Å². The minimum Gasteiger partial charge on any atom is -0.455 e. The Labute approximate surface area is 98.3 Å². The van der Waals surface area contributed by atoms with E-state index in [2.05, 4.69) is 0 Å². The maximum Gasteiger partial charge on any atom is 0.153 e. The van der Waals surface area contributed by atoms with Crippen molar-refractivity contribution in [2.45, 2.75) is 6.61 Å². The molecule has 0 saturated heterocycles. The normalized spacial score (nSPS) is 10.2. The number of nitrogen functional groups attached to an aromatic ring is 1. The average Bonchev–Trinajstić information content (AvgIpc) is 2.36. The average molecular weight is 233 g/mol. The van der Waals surface area contributed by atoms with Gasteiger partial charge in [-0.3, -0.25) is 0 Å². The SMILES string of the molecule is Nc1c(F)cccc1Oc1ccc(CO)cc1. The molecular formula is C13H12FNO2. The third-order valence-electron chi connectivity index (χ3n) is 2.35. The topological polar surface area (TPSA) is 55.5 Å². The van der Waals surface area contributed by atoms with Crippen molar-refractivity contribution in [3.8, 4) is 11.5 Å². The summed E-state index contributed by atoms with van der Waals surface area (Å²) in [4.78, 5) is 0. The molecule has 0 aliphatic heterocycles. The summed E-state index contributed by atoms with van der Waals surface area (Å²) in [7, 11) is 0. The van der Waals surface area contributed by atoms with Gasteiger partial charge in [-0.05, 0) is 29.8 Å². The molecule has 17 heavy (non-hydrogen) atoms. The molecular weight excluding hydrogens is 221 g/mol. The molecule has 0 atom stereocenters. The molecule has 0 spiro atoms. The maximum atomic E-state index is 13.2. The van der Waals surface area contributed by atoms with Gasteiger partial charge in [-0.15, -0.1) is 0 Å². The largest absolute Gasteiger partial charge is 0.455 e. The van der Waals surface area contributed by atoms with Crippen LogP contribution in [-0.2, 0) is 6.61 Å². The van der Waals surface area contributed by atoms with Crippen LogP contribution in [0.5, 0.6) is 11.5 Å². The monoisotopic (exact) mass is 233 g/mol.